The molecule has 228 valence electrons. The minimum absolute atomic E-state index is 0.00704. The van der Waals surface area contributed by atoms with Crippen LogP contribution in [0.5, 0.6) is 0 Å². The number of pyridine rings is 1. The molecule has 14 heteroatoms. The second kappa shape index (κ2) is 11.0. The van der Waals surface area contributed by atoms with Crippen molar-refractivity contribution in [2.24, 2.45) is 11.8 Å². The minimum atomic E-state index is -4.64. The molecule has 2 amide bonds. The first-order valence-corrected chi connectivity index (χ1v) is 15.6. The van der Waals surface area contributed by atoms with E-state index in [0.717, 1.165) is 16.1 Å². The van der Waals surface area contributed by atoms with Crippen LogP contribution in [0.25, 0.3) is 11.0 Å². The van der Waals surface area contributed by atoms with E-state index in [9.17, 15) is 31.6 Å². The molecule has 2 fully saturated rings. The summed E-state index contributed by atoms with van der Waals surface area (Å²) in [6.07, 6.45) is -0.400. The maximum atomic E-state index is 13.4. The van der Waals surface area contributed by atoms with Crippen molar-refractivity contribution in [1.82, 2.24) is 13.9 Å². The molecule has 3 heterocycles. The molecule has 9 nitrogen and oxygen atoms in total. The molecule has 0 bridgehead atoms. The van der Waals surface area contributed by atoms with Gasteiger partial charge in [0.25, 0.3) is 10.0 Å². The zero-order valence-electron chi connectivity index (χ0n) is 23.3. The van der Waals surface area contributed by atoms with Crippen molar-refractivity contribution >= 4 is 50.1 Å². The fourth-order valence-corrected chi connectivity index (χ4v) is 7.91. The van der Waals surface area contributed by atoms with Gasteiger partial charge < -0.3 is 15.1 Å². The summed E-state index contributed by atoms with van der Waals surface area (Å²) in [6, 6.07) is 14.6. The average molecular weight is 643 g/mol. The van der Waals surface area contributed by atoms with Crippen molar-refractivity contribution in [2.45, 2.75) is 30.0 Å². The highest BCUT2D eigenvalue weighted by Crippen LogP contribution is 2.43. The number of anilines is 2. The van der Waals surface area contributed by atoms with Crippen LogP contribution in [0.2, 0.25) is 5.02 Å². The molecule has 0 radical (unpaired) electrons. The molecule has 1 N–H and O–H groups in total. The standard InChI is InChI=1S/C30H26ClF3N6O3S/c1-38(27-20(14-35)15-36-28-24(27)9-10-40(28)44(42,43)23-5-3-2-4-6-23)22-11-18-16-39(17-19(18)12-22)29(41)37-21-7-8-26(31)25(13-21)30(32,33)34/h2-10,13,15,18-19,22H,11-12,16-17H2,1H3,(H,37,41)/t18-,19+,22+. The van der Waals surface area contributed by atoms with Crippen LogP contribution in [0.1, 0.15) is 24.0 Å². The minimum Gasteiger partial charge on any atom is -0.370 e. The van der Waals surface area contributed by atoms with Gasteiger partial charge in [-0.25, -0.2) is 22.2 Å². The smallest absolute Gasteiger partial charge is 0.370 e. The Hall–Kier alpha value is -4.28. The van der Waals surface area contributed by atoms with E-state index in [1.54, 1.807) is 29.2 Å². The third-order valence-corrected chi connectivity index (χ3v) is 10.5. The molecule has 6 rings (SSSR count). The molecule has 4 aromatic rings. The summed E-state index contributed by atoms with van der Waals surface area (Å²) in [7, 11) is -2.05. The number of carbonyl (C=O) groups excluding carboxylic acids is 1. The van der Waals surface area contributed by atoms with Gasteiger partial charge in [0.1, 0.15) is 6.07 Å². The normalized spacial score (nSPS) is 20.0. The molecule has 0 spiro atoms. The number of fused-ring (bicyclic) bond motifs is 2. The first kappa shape index (κ1) is 29.8. The summed E-state index contributed by atoms with van der Waals surface area (Å²) in [4.78, 5) is 21.0. The molecule has 1 aliphatic carbocycles. The summed E-state index contributed by atoms with van der Waals surface area (Å²) >= 11 is 5.69. The Morgan fingerprint density at radius 3 is 2.43 bits per heavy atom. The van der Waals surface area contributed by atoms with E-state index in [0.29, 0.717) is 42.6 Å². The van der Waals surface area contributed by atoms with Crippen LogP contribution >= 0.6 is 11.6 Å². The van der Waals surface area contributed by atoms with E-state index in [1.807, 2.05) is 11.9 Å². The van der Waals surface area contributed by atoms with Crippen LogP contribution in [0.3, 0.4) is 0 Å². The number of carbonyl (C=O) groups is 1. The molecule has 2 aliphatic rings. The molecular formula is C30H26ClF3N6O3S. The fraction of sp³-hybridized carbons (Fsp3) is 0.300. The first-order valence-electron chi connectivity index (χ1n) is 13.7. The third-order valence-electron chi connectivity index (χ3n) is 8.51. The van der Waals surface area contributed by atoms with E-state index in [2.05, 4.69) is 16.4 Å². The number of urea groups is 1. The lowest BCUT2D eigenvalue weighted by Gasteiger charge is -2.29. The lowest BCUT2D eigenvalue weighted by Crippen LogP contribution is -2.36. The van der Waals surface area contributed by atoms with Crippen molar-refractivity contribution in [1.29, 1.82) is 5.26 Å². The molecule has 3 atom stereocenters. The number of nitrogens with zero attached hydrogens (tertiary/aromatic N) is 5. The number of halogens is 4. The van der Waals surface area contributed by atoms with Crippen LogP contribution in [-0.4, -0.2) is 54.5 Å². The van der Waals surface area contributed by atoms with Gasteiger partial charge in [-0.2, -0.15) is 18.4 Å². The number of amides is 2. The van der Waals surface area contributed by atoms with E-state index < -0.39 is 32.8 Å². The van der Waals surface area contributed by atoms with Gasteiger partial charge in [-0.05, 0) is 61.1 Å². The lowest BCUT2D eigenvalue weighted by molar-refractivity contribution is -0.137. The predicted molar refractivity (Wildman–Crippen MR) is 159 cm³/mol. The number of hydrogen-bond acceptors (Lipinski definition) is 6. The Labute approximate surface area is 256 Å². The molecule has 44 heavy (non-hydrogen) atoms. The van der Waals surface area contributed by atoms with Gasteiger partial charge in [0.05, 0.1) is 26.7 Å². The summed E-state index contributed by atoms with van der Waals surface area (Å²) in [6.45, 7) is 0.867. The zero-order valence-corrected chi connectivity index (χ0v) is 24.9. The molecule has 1 aliphatic heterocycles. The predicted octanol–water partition coefficient (Wildman–Crippen LogP) is 6.20. The summed E-state index contributed by atoms with van der Waals surface area (Å²) < 4.78 is 67.6. The summed E-state index contributed by atoms with van der Waals surface area (Å²) in [5.74, 6) is 0.296. The molecule has 1 saturated carbocycles. The number of benzene rings is 2. The van der Waals surface area contributed by atoms with Gasteiger partial charge in [0.15, 0.2) is 5.65 Å². The van der Waals surface area contributed by atoms with Gasteiger partial charge >= 0.3 is 12.2 Å². The quantitative estimate of drug-likeness (QED) is 0.278. The maximum absolute atomic E-state index is 13.4. The molecular weight excluding hydrogens is 617 g/mol. The average Bonchev–Trinajstić information content (AvgIpc) is 3.71. The molecule has 2 aromatic heterocycles. The Bertz CT molecular complexity index is 1890. The van der Waals surface area contributed by atoms with Crippen molar-refractivity contribution in [2.75, 3.05) is 30.4 Å². The van der Waals surface area contributed by atoms with Crippen molar-refractivity contribution in [3.8, 4) is 6.07 Å². The van der Waals surface area contributed by atoms with Crippen LogP contribution in [-0.2, 0) is 16.2 Å². The van der Waals surface area contributed by atoms with Gasteiger partial charge in [0, 0.05) is 49.6 Å². The van der Waals surface area contributed by atoms with Crippen LogP contribution < -0.4 is 10.2 Å². The van der Waals surface area contributed by atoms with E-state index in [4.69, 9.17) is 11.6 Å². The fourth-order valence-electron chi connectivity index (χ4n) is 6.37. The van der Waals surface area contributed by atoms with E-state index in [1.165, 1.54) is 30.6 Å². The first-order chi connectivity index (χ1) is 20.9. The third kappa shape index (κ3) is 5.22. The van der Waals surface area contributed by atoms with Gasteiger partial charge in [0.2, 0.25) is 0 Å². The van der Waals surface area contributed by atoms with Crippen LogP contribution in [0, 0.1) is 23.2 Å². The number of nitriles is 1. The number of nitrogens with one attached hydrogen (secondary N) is 1. The number of hydrogen-bond donors (Lipinski definition) is 1. The van der Waals surface area contributed by atoms with Crippen molar-refractivity contribution < 1.29 is 26.4 Å². The second-order valence-corrected chi connectivity index (χ2v) is 13.3. The number of likely N-dealkylation sites (tertiary alicyclic amines) is 1. The second-order valence-electron chi connectivity index (χ2n) is 11.1. The topological polar surface area (TPSA) is 111 Å². The monoisotopic (exact) mass is 642 g/mol. The highest BCUT2D eigenvalue weighted by Gasteiger charge is 2.44. The van der Waals surface area contributed by atoms with E-state index in [-0.39, 0.29) is 34.1 Å². The van der Waals surface area contributed by atoms with Crippen LogP contribution in [0.15, 0.2) is 71.9 Å². The van der Waals surface area contributed by atoms with Crippen molar-refractivity contribution in [3.05, 3.63) is 83.1 Å². The van der Waals surface area contributed by atoms with Gasteiger partial charge in [-0.3, -0.25) is 0 Å². The van der Waals surface area contributed by atoms with E-state index >= 15 is 0 Å². The Morgan fingerprint density at radius 1 is 1.11 bits per heavy atom. The Balaban J connectivity index is 1.18. The Kier molecular flexibility index (Phi) is 7.45. The van der Waals surface area contributed by atoms with Crippen molar-refractivity contribution in [3.63, 3.8) is 0 Å². The molecule has 0 unspecified atom stereocenters. The van der Waals surface area contributed by atoms with Gasteiger partial charge in [-0.1, -0.05) is 29.8 Å². The molecule has 1 saturated heterocycles. The van der Waals surface area contributed by atoms with Gasteiger partial charge in [-0.15, -0.1) is 0 Å². The SMILES string of the molecule is CN(c1c(C#N)cnc2c1ccn2S(=O)(=O)c1ccccc1)[C@H]1C[C@@H]2CN(C(=O)Nc3ccc(Cl)c(C(F)(F)F)c3)C[C@@H]2C1. The Morgan fingerprint density at radius 2 is 1.80 bits per heavy atom. The number of aromatic nitrogens is 2. The summed E-state index contributed by atoms with van der Waals surface area (Å²) in [5, 5.41) is 12.6. The summed E-state index contributed by atoms with van der Waals surface area (Å²) in [5.41, 5.74) is 0.104. The zero-order chi connectivity index (χ0) is 31.4. The largest absolute Gasteiger partial charge is 0.417 e. The lowest BCUT2D eigenvalue weighted by atomic mass is 10.0. The maximum Gasteiger partial charge on any atom is 0.417 e. The number of rotatable bonds is 5. The molecule has 2 aromatic carbocycles. The van der Waals surface area contributed by atoms with Crippen LogP contribution in [0.4, 0.5) is 29.3 Å². The highest BCUT2D eigenvalue weighted by atomic mass is 35.5. The highest BCUT2D eigenvalue weighted by molar-refractivity contribution is 7.90. The number of alkyl halides is 3.